The molecule has 1 aromatic carbocycles. The lowest BCUT2D eigenvalue weighted by atomic mass is 9.97. The van der Waals surface area contributed by atoms with Gasteiger partial charge < -0.3 is 19.7 Å². The molecule has 1 fully saturated rings. The molecule has 5 heteroatoms. The van der Waals surface area contributed by atoms with Crippen molar-refractivity contribution in [2.75, 3.05) is 33.8 Å². The summed E-state index contributed by atoms with van der Waals surface area (Å²) in [6.45, 7) is 4.98. The SMILES string of the molecule is COc1cc(CNCC2CCN(C)CC2)ccc1OCc1cccs1. The van der Waals surface area contributed by atoms with Crippen molar-refractivity contribution in [3.63, 3.8) is 0 Å². The van der Waals surface area contributed by atoms with Gasteiger partial charge in [0.2, 0.25) is 0 Å². The molecule has 0 saturated carbocycles. The smallest absolute Gasteiger partial charge is 0.161 e. The summed E-state index contributed by atoms with van der Waals surface area (Å²) in [5.41, 5.74) is 1.23. The molecule has 0 unspecified atom stereocenters. The van der Waals surface area contributed by atoms with E-state index >= 15 is 0 Å². The molecule has 0 atom stereocenters. The van der Waals surface area contributed by atoms with Crippen molar-refractivity contribution in [2.45, 2.75) is 26.0 Å². The summed E-state index contributed by atoms with van der Waals surface area (Å²) < 4.78 is 11.4. The first kappa shape index (κ1) is 18.2. The Kier molecular flexibility index (Phi) is 6.73. The van der Waals surface area contributed by atoms with Crippen LogP contribution in [-0.2, 0) is 13.2 Å². The van der Waals surface area contributed by atoms with Gasteiger partial charge in [0.1, 0.15) is 6.61 Å². The number of nitrogens with zero attached hydrogens (tertiary/aromatic N) is 1. The Labute approximate surface area is 154 Å². The topological polar surface area (TPSA) is 33.7 Å². The maximum absolute atomic E-state index is 5.90. The van der Waals surface area contributed by atoms with Crippen LogP contribution in [0.1, 0.15) is 23.3 Å². The van der Waals surface area contributed by atoms with Gasteiger partial charge in [0.15, 0.2) is 11.5 Å². The number of hydrogen-bond acceptors (Lipinski definition) is 5. The zero-order valence-corrected chi connectivity index (χ0v) is 16.0. The first-order chi connectivity index (χ1) is 12.2. The van der Waals surface area contributed by atoms with Gasteiger partial charge in [-0.25, -0.2) is 0 Å². The van der Waals surface area contributed by atoms with Crippen molar-refractivity contribution in [1.29, 1.82) is 0 Å². The molecule has 2 aromatic rings. The van der Waals surface area contributed by atoms with Gasteiger partial charge in [0.25, 0.3) is 0 Å². The van der Waals surface area contributed by atoms with Gasteiger partial charge in [-0.05, 0) is 74.6 Å². The van der Waals surface area contributed by atoms with Crippen molar-refractivity contribution in [3.8, 4) is 11.5 Å². The standard InChI is InChI=1S/C20H28N2O2S/c1-22-9-7-16(8-10-22)13-21-14-17-5-6-19(20(12-17)23-2)24-15-18-4-3-11-25-18/h3-6,11-12,16,21H,7-10,13-15H2,1-2H3. The van der Waals surface area contributed by atoms with E-state index in [0.29, 0.717) is 6.61 Å². The highest BCUT2D eigenvalue weighted by Gasteiger charge is 2.16. The number of likely N-dealkylation sites (tertiary alicyclic amines) is 1. The summed E-state index contributed by atoms with van der Waals surface area (Å²) >= 11 is 1.70. The number of thiophene rings is 1. The molecule has 2 heterocycles. The maximum atomic E-state index is 5.90. The molecular weight excluding hydrogens is 332 g/mol. The van der Waals surface area contributed by atoms with E-state index in [4.69, 9.17) is 9.47 Å². The van der Waals surface area contributed by atoms with Crippen LogP contribution in [0.5, 0.6) is 11.5 Å². The normalized spacial score (nSPS) is 16.1. The Morgan fingerprint density at radius 3 is 2.76 bits per heavy atom. The average molecular weight is 361 g/mol. The van der Waals surface area contributed by atoms with Crippen LogP contribution in [0.2, 0.25) is 0 Å². The largest absolute Gasteiger partial charge is 0.493 e. The van der Waals surface area contributed by atoms with Crippen LogP contribution in [0.3, 0.4) is 0 Å². The summed E-state index contributed by atoms with van der Waals surface area (Å²) in [6, 6.07) is 10.3. The summed E-state index contributed by atoms with van der Waals surface area (Å²) in [7, 11) is 3.90. The third-order valence-electron chi connectivity index (χ3n) is 4.78. The Hall–Kier alpha value is -1.56. The highest BCUT2D eigenvalue weighted by Crippen LogP contribution is 2.29. The second kappa shape index (κ2) is 9.22. The molecule has 1 aliphatic rings. The van der Waals surface area contributed by atoms with E-state index in [0.717, 1.165) is 30.5 Å². The van der Waals surface area contributed by atoms with Crippen LogP contribution < -0.4 is 14.8 Å². The summed E-state index contributed by atoms with van der Waals surface area (Å²) in [6.07, 6.45) is 2.59. The molecule has 0 bridgehead atoms. The van der Waals surface area contributed by atoms with E-state index < -0.39 is 0 Å². The van der Waals surface area contributed by atoms with Crippen LogP contribution in [0.25, 0.3) is 0 Å². The van der Waals surface area contributed by atoms with E-state index in [1.807, 2.05) is 12.1 Å². The zero-order chi connectivity index (χ0) is 17.5. The van der Waals surface area contributed by atoms with Crippen LogP contribution in [-0.4, -0.2) is 38.7 Å². The quantitative estimate of drug-likeness (QED) is 0.777. The van der Waals surface area contributed by atoms with Crippen LogP contribution in [0, 0.1) is 5.92 Å². The molecule has 136 valence electrons. The number of rotatable bonds is 8. The van der Waals surface area contributed by atoms with Crippen molar-refractivity contribution in [2.24, 2.45) is 5.92 Å². The third-order valence-corrected chi connectivity index (χ3v) is 5.63. The summed E-state index contributed by atoms with van der Waals surface area (Å²) in [4.78, 5) is 3.63. The second-order valence-corrected chi connectivity index (χ2v) is 7.76. The highest BCUT2D eigenvalue weighted by molar-refractivity contribution is 7.09. The molecule has 0 aliphatic carbocycles. The van der Waals surface area contributed by atoms with Crippen LogP contribution >= 0.6 is 11.3 Å². The Balaban J connectivity index is 1.48. The molecule has 0 radical (unpaired) electrons. The number of benzene rings is 1. The van der Waals surface area contributed by atoms with Crippen molar-refractivity contribution >= 4 is 11.3 Å². The molecule has 3 rings (SSSR count). The van der Waals surface area contributed by atoms with Gasteiger partial charge >= 0.3 is 0 Å². The number of ether oxygens (including phenoxy) is 2. The van der Waals surface area contributed by atoms with E-state index in [9.17, 15) is 0 Å². The predicted molar refractivity (Wildman–Crippen MR) is 104 cm³/mol. The lowest BCUT2D eigenvalue weighted by Gasteiger charge is -2.29. The first-order valence-corrected chi connectivity index (χ1v) is 9.84. The second-order valence-electron chi connectivity index (χ2n) is 6.73. The number of hydrogen-bond donors (Lipinski definition) is 1. The van der Waals surface area contributed by atoms with Crippen molar-refractivity contribution in [3.05, 3.63) is 46.2 Å². The van der Waals surface area contributed by atoms with Gasteiger partial charge in [0, 0.05) is 11.4 Å². The lowest BCUT2D eigenvalue weighted by Crippen LogP contribution is -2.34. The van der Waals surface area contributed by atoms with Crippen molar-refractivity contribution < 1.29 is 9.47 Å². The minimum Gasteiger partial charge on any atom is -0.493 e. The predicted octanol–water partition coefficient (Wildman–Crippen LogP) is 3.77. The summed E-state index contributed by atoms with van der Waals surface area (Å²) in [5, 5.41) is 5.66. The maximum Gasteiger partial charge on any atom is 0.161 e. The van der Waals surface area contributed by atoms with Gasteiger partial charge in [-0.15, -0.1) is 11.3 Å². The molecule has 0 spiro atoms. The minimum absolute atomic E-state index is 0.585. The fraction of sp³-hybridized carbons (Fsp3) is 0.500. The average Bonchev–Trinajstić information content (AvgIpc) is 3.15. The molecule has 4 nitrogen and oxygen atoms in total. The Morgan fingerprint density at radius 1 is 1.20 bits per heavy atom. The van der Waals surface area contributed by atoms with Gasteiger partial charge in [-0.2, -0.15) is 0 Å². The molecule has 25 heavy (non-hydrogen) atoms. The van der Waals surface area contributed by atoms with Crippen LogP contribution in [0.4, 0.5) is 0 Å². The minimum atomic E-state index is 0.585. The fourth-order valence-corrected chi connectivity index (χ4v) is 3.79. The van der Waals surface area contributed by atoms with Gasteiger partial charge in [-0.3, -0.25) is 0 Å². The van der Waals surface area contributed by atoms with Crippen LogP contribution in [0.15, 0.2) is 35.7 Å². The molecule has 1 saturated heterocycles. The number of methoxy groups -OCH3 is 1. The molecule has 1 aromatic heterocycles. The Bertz CT molecular complexity index is 637. The van der Waals surface area contributed by atoms with E-state index in [2.05, 4.69) is 40.8 Å². The third kappa shape index (κ3) is 5.46. The molecule has 1 aliphatic heterocycles. The van der Waals surface area contributed by atoms with Gasteiger partial charge in [-0.1, -0.05) is 12.1 Å². The van der Waals surface area contributed by atoms with Gasteiger partial charge in [0.05, 0.1) is 7.11 Å². The summed E-state index contributed by atoms with van der Waals surface area (Å²) in [5.74, 6) is 2.40. The van der Waals surface area contributed by atoms with Crippen molar-refractivity contribution in [1.82, 2.24) is 10.2 Å². The number of nitrogens with one attached hydrogen (secondary N) is 1. The lowest BCUT2D eigenvalue weighted by molar-refractivity contribution is 0.216. The molecule has 0 amide bonds. The number of piperidine rings is 1. The molecule has 1 N–H and O–H groups in total. The monoisotopic (exact) mass is 360 g/mol. The van der Waals surface area contributed by atoms with E-state index in [1.54, 1.807) is 18.4 Å². The van der Waals surface area contributed by atoms with E-state index in [-0.39, 0.29) is 0 Å². The Morgan fingerprint density at radius 2 is 2.04 bits per heavy atom. The highest BCUT2D eigenvalue weighted by atomic mass is 32.1. The molecular formula is C20H28N2O2S. The zero-order valence-electron chi connectivity index (χ0n) is 15.2. The van der Waals surface area contributed by atoms with E-state index in [1.165, 1.54) is 36.4 Å². The fourth-order valence-electron chi connectivity index (χ4n) is 3.17. The first-order valence-electron chi connectivity index (χ1n) is 8.96.